The number of hydrogen-bond acceptors (Lipinski definition) is 3. The van der Waals surface area contributed by atoms with Gasteiger partial charge in [0.1, 0.15) is 5.75 Å². The quantitative estimate of drug-likeness (QED) is 0.866. The minimum absolute atomic E-state index is 0.119. The fourth-order valence-electron chi connectivity index (χ4n) is 1.94. The fraction of sp³-hybridized carbons (Fsp3) is 0.462. The molecule has 1 aromatic rings. The molecule has 1 aliphatic heterocycles. The summed E-state index contributed by atoms with van der Waals surface area (Å²) in [6.07, 6.45) is 2.08. The summed E-state index contributed by atoms with van der Waals surface area (Å²) in [4.78, 5) is 12.0. The van der Waals surface area contributed by atoms with Crippen LogP contribution in [0, 0.1) is 0 Å². The van der Waals surface area contributed by atoms with Crippen LogP contribution in [0.5, 0.6) is 5.75 Å². The Morgan fingerprint density at radius 3 is 2.76 bits per heavy atom. The van der Waals surface area contributed by atoms with Crippen molar-refractivity contribution in [2.45, 2.75) is 31.1 Å². The number of nitrogens with one attached hydrogen (secondary N) is 1. The topological polar surface area (TPSA) is 49.3 Å². The van der Waals surface area contributed by atoms with Crippen molar-refractivity contribution in [3.63, 3.8) is 0 Å². The molecule has 1 heterocycles. The van der Waals surface area contributed by atoms with E-state index in [0.29, 0.717) is 6.54 Å². The summed E-state index contributed by atoms with van der Waals surface area (Å²) in [6.45, 7) is 2.53. The number of carbonyl (C=O) groups is 1. The van der Waals surface area contributed by atoms with Crippen LogP contribution < -0.4 is 5.32 Å². The predicted octanol–water partition coefficient (Wildman–Crippen LogP) is 2.29. The maximum atomic E-state index is 12.0. The lowest BCUT2D eigenvalue weighted by Gasteiger charge is -2.21. The molecule has 1 fully saturated rings. The monoisotopic (exact) mass is 251 g/mol. The zero-order chi connectivity index (χ0) is 12.3. The Bertz CT molecular complexity index is 396. The van der Waals surface area contributed by atoms with E-state index < -0.39 is 0 Å². The van der Waals surface area contributed by atoms with Gasteiger partial charge in [0, 0.05) is 6.54 Å². The first-order chi connectivity index (χ1) is 8.10. The van der Waals surface area contributed by atoms with Crippen molar-refractivity contribution < 1.29 is 9.90 Å². The van der Waals surface area contributed by atoms with Gasteiger partial charge in [0.2, 0.25) is 5.91 Å². The van der Waals surface area contributed by atoms with Crippen LogP contribution in [-0.4, -0.2) is 21.5 Å². The van der Waals surface area contributed by atoms with Gasteiger partial charge in [-0.15, -0.1) is 11.8 Å². The van der Waals surface area contributed by atoms with E-state index >= 15 is 0 Å². The molecule has 1 amide bonds. The van der Waals surface area contributed by atoms with E-state index in [4.69, 9.17) is 5.11 Å². The Labute approximate surface area is 106 Å². The van der Waals surface area contributed by atoms with E-state index in [9.17, 15) is 4.79 Å². The van der Waals surface area contributed by atoms with Gasteiger partial charge in [0.25, 0.3) is 0 Å². The molecular formula is C13H17NO2S. The highest BCUT2D eigenvalue weighted by Crippen LogP contribution is 2.37. The third-order valence-corrected chi connectivity index (χ3v) is 4.61. The van der Waals surface area contributed by atoms with Gasteiger partial charge in [0.05, 0.1) is 4.75 Å². The molecule has 3 nitrogen and oxygen atoms in total. The Morgan fingerprint density at radius 1 is 1.47 bits per heavy atom. The Kier molecular flexibility index (Phi) is 3.62. The van der Waals surface area contributed by atoms with Crippen LogP contribution in [0.4, 0.5) is 0 Å². The van der Waals surface area contributed by atoms with Gasteiger partial charge in [-0.25, -0.2) is 0 Å². The molecule has 17 heavy (non-hydrogen) atoms. The molecule has 2 N–H and O–H groups in total. The largest absolute Gasteiger partial charge is 0.508 e. The number of hydrogen-bond donors (Lipinski definition) is 2. The molecule has 0 radical (unpaired) electrons. The number of benzene rings is 1. The number of aromatic hydroxyl groups is 1. The van der Waals surface area contributed by atoms with Gasteiger partial charge in [-0.3, -0.25) is 4.79 Å². The second-order valence-corrected chi connectivity index (χ2v) is 6.13. The Morgan fingerprint density at radius 2 is 2.18 bits per heavy atom. The van der Waals surface area contributed by atoms with E-state index in [1.807, 2.05) is 19.1 Å². The molecule has 1 unspecified atom stereocenters. The maximum Gasteiger partial charge on any atom is 0.236 e. The Balaban J connectivity index is 1.89. The molecule has 0 saturated carbocycles. The van der Waals surface area contributed by atoms with Gasteiger partial charge < -0.3 is 10.4 Å². The minimum Gasteiger partial charge on any atom is -0.508 e. The van der Waals surface area contributed by atoms with Crippen molar-refractivity contribution in [1.82, 2.24) is 5.32 Å². The van der Waals surface area contributed by atoms with Crippen molar-refractivity contribution in [3.8, 4) is 5.75 Å². The lowest BCUT2D eigenvalue weighted by molar-refractivity contribution is -0.123. The average Bonchev–Trinajstić information content (AvgIpc) is 2.76. The molecule has 0 aliphatic carbocycles. The molecule has 4 heteroatoms. The van der Waals surface area contributed by atoms with E-state index in [1.54, 1.807) is 23.9 Å². The van der Waals surface area contributed by atoms with Crippen molar-refractivity contribution in [1.29, 1.82) is 0 Å². The van der Waals surface area contributed by atoms with E-state index in [-0.39, 0.29) is 16.4 Å². The molecule has 1 aliphatic rings. The van der Waals surface area contributed by atoms with Gasteiger partial charge in [0.15, 0.2) is 0 Å². The summed E-state index contributed by atoms with van der Waals surface area (Å²) in [5.74, 6) is 1.44. The van der Waals surface area contributed by atoms with Crippen LogP contribution in [0.15, 0.2) is 24.3 Å². The average molecular weight is 251 g/mol. The van der Waals surface area contributed by atoms with Crippen LogP contribution in [0.1, 0.15) is 25.3 Å². The molecule has 1 atom stereocenters. The molecule has 2 rings (SSSR count). The van der Waals surface area contributed by atoms with Crippen molar-refractivity contribution in [2.24, 2.45) is 0 Å². The molecule has 0 bridgehead atoms. The van der Waals surface area contributed by atoms with Crippen molar-refractivity contribution in [3.05, 3.63) is 29.8 Å². The molecule has 1 aromatic carbocycles. The van der Waals surface area contributed by atoms with Gasteiger partial charge in [-0.05, 0) is 43.2 Å². The summed E-state index contributed by atoms with van der Waals surface area (Å²) in [5, 5.41) is 12.1. The van der Waals surface area contributed by atoms with Crippen molar-refractivity contribution in [2.75, 3.05) is 5.75 Å². The van der Waals surface area contributed by atoms with Crippen LogP contribution in [0.3, 0.4) is 0 Å². The first-order valence-electron chi connectivity index (χ1n) is 5.80. The SMILES string of the molecule is CC1(C(=O)NCc2ccc(O)cc2)CCCS1. The van der Waals surface area contributed by atoms with E-state index in [2.05, 4.69) is 5.32 Å². The lowest BCUT2D eigenvalue weighted by atomic mass is 10.0. The van der Waals surface area contributed by atoms with Gasteiger partial charge >= 0.3 is 0 Å². The normalized spacial score (nSPS) is 23.6. The third-order valence-electron chi connectivity index (χ3n) is 3.09. The third kappa shape index (κ3) is 2.94. The number of carbonyl (C=O) groups excluding carboxylic acids is 1. The van der Waals surface area contributed by atoms with Crippen molar-refractivity contribution >= 4 is 17.7 Å². The first kappa shape index (κ1) is 12.3. The van der Waals surface area contributed by atoms with Crippen LogP contribution in [-0.2, 0) is 11.3 Å². The summed E-state index contributed by atoms with van der Waals surface area (Å²) in [7, 11) is 0. The number of thioether (sulfide) groups is 1. The highest BCUT2D eigenvalue weighted by atomic mass is 32.2. The Hall–Kier alpha value is -1.16. The second kappa shape index (κ2) is 5.00. The summed E-state index contributed by atoms with van der Waals surface area (Å²) < 4.78 is -0.253. The fourth-order valence-corrected chi connectivity index (χ4v) is 3.17. The standard InChI is InChI=1S/C13H17NO2S/c1-13(7-2-8-17-13)12(16)14-9-10-3-5-11(15)6-4-10/h3-6,15H,2,7-9H2,1H3,(H,14,16). The zero-order valence-electron chi connectivity index (χ0n) is 9.90. The summed E-state index contributed by atoms with van der Waals surface area (Å²) >= 11 is 1.74. The van der Waals surface area contributed by atoms with E-state index in [1.165, 1.54) is 0 Å². The number of phenols is 1. The zero-order valence-corrected chi connectivity index (χ0v) is 10.7. The highest BCUT2D eigenvalue weighted by molar-refractivity contribution is 8.01. The lowest BCUT2D eigenvalue weighted by Crippen LogP contribution is -2.39. The molecule has 0 spiro atoms. The number of phenolic OH excluding ortho intramolecular Hbond substituents is 1. The van der Waals surface area contributed by atoms with Gasteiger partial charge in [-0.2, -0.15) is 0 Å². The highest BCUT2D eigenvalue weighted by Gasteiger charge is 2.36. The minimum atomic E-state index is -0.253. The molecule has 92 valence electrons. The summed E-state index contributed by atoms with van der Waals surface area (Å²) in [5.41, 5.74) is 1.00. The van der Waals surface area contributed by atoms with Crippen LogP contribution in [0.2, 0.25) is 0 Å². The van der Waals surface area contributed by atoms with E-state index in [0.717, 1.165) is 24.2 Å². The number of amides is 1. The molecular weight excluding hydrogens is 234 g/mol. The summed E-state index contributed by atoms with van der Waals surface area (Å²) in [6, 6.07) is 6.90. The predicted molar refractivity (Wildman–Crippen MR) is 70.1 cm³/mol. The number of rotatable bonds is 3. The van der Waals surface area contributed by atoms with Crippen LogP contribution >= 0.6 is 11.8 Å². The van der Waals surface area contributed by atoms with Crippen LogP contribution in [0.25, 0.3) is 0 Å². The maximum absolute atomic E-state index is 12.0. The first-order valence-corrected chi connectivity index (χ1v) is 6.79. The van der Waals surface area contributed by atoms with Gasteiger partial charge in [-0.1, -0.05) is 12.1 Å². The molecule has 0 aromatic heterocycles. The molecule has 1 saturated heterocycles. The second-order valence-electron chi connectivity index (χ2n) is 4.53. The smallest absolute Gasteiger partial charge is 0.236 e.